The number of aliphatic hydroxyl groups is 1. The first-order valence-corrected chi connectivity index (χ1v) is 12.2. The summed E-state index contributed by atoms with van der Waals surface area (Å²) in [6, 6.07) is 10.1. The summed E-state index contributed by atoms with van der Waals surface area (Å²) in [4.78, 5) is 15.4. The summed E-state index contributed by atoms with van der Waals surface area (Å²) in [5, 5.41) is 27.3. The van der Waals surface area contributed by atoms with Crippen LogP contribution < -0.4 is 10.9 Å². The second-order valence-electron chi connectivity index (χ2n) is 9.05. The molecule has 33 heavy (non-hydrogen) atoms. The number of H-pyrrole nitrogens is 1. The number of aromatic amines is 1. The van der Waals surface area contributed by atoms with Gasteiger partial charge in [0.2, 0.25) is 10.0 Å². The molecule has 1 saturated heterocycles. The molecule has 2 aliphatic rings. The normalized spacial score (nSPS) is 19.1. The van der Waals surface area contributed by atoms with Crippen molar-refractivity contribution in [3.8, 4) is 6.07 Å². The Bertz CT molecular complexity index is 1410. The molecule has 172 valence electrons. The number of fused-ring (bicyclic) bond motifs is 1. The average Bonchev–Trinajstić information content (AvgIpc) is 3.53. The van der Waals surface area contributed by atoms with E-state index >= 15 is 0 Å². The molecule has 0 amide bonds. The molecule has 3 aromatic rings. The van der Waals surface area contributed by atoms with Gasteiger partial charge in [0.1, 0.15) is 5.39 Å². The molecule has 0 bridgehead atoms. The molecule has 1 unspecified atom stereocenters. The Kier molecular flexibility index (Phi) is 5.04. The number of benzene rings is 1. The van der Waals surface area contributed by atoms with Gasteiger partial charge in [-0.05, 0) is 56.0 Å². The monoisotopic (exact) mass is 468 g/mol. The second kappa shape index (κ2) is 7.69. The van der Waals surface area contributed by atoms with E-state index in [0.29, 0.717) is 34.7 Å². The summed E-state index contributed by atoms with van der Waals surface area (Å²) in [5.41, 5.74) is -0.0670. The van der Waals surface area contributed by atoms with Gasteiger partial charge in [0.05, 0.1) is 34.5 Å². The molecule has 0 radical (unpaired) electrons. The SMILES string of the molecule is CC1(O)CN(S(=O)(=O)c2ccc(Nc3nn(C(CC#N)C4CC4)c4cc[nH]c(=O)c34)cc2)C1. The number of anilines is 2. The lowest BCUT2D eigenvalue weighted by atomic mass is 10.0. The minimum Gasteiger partial charge on any atom is -0.387 e. The smallest absolute Gasteiger partial charge is 0.261 e. The van der Waals surface area contributed by atoms with Gasteiger partial charge in [-0.2, -0.15) is 14.7 Å². The Hall–Kier alpha value is -3.20. The predicted octanol–water partition coefficient (Wildman–Crippen LogP) is 2.09. The van der Waals surface area contributed by atoms with Crippen LogP contribution in [-0.4, -0.2) is 51.3 Å². The van der Waals surface area contributed by atoms with Crippen molar-refractivity contribution in [2.75, 3.05) is 18.4 Å². The zero-order chi connectivity index (χ0) is 23.4. The highest BCUT2D eigenvalue weighted by atomic mass is 32.2. The maximum Gasteiger partial charge on any atom is 0.261 e. The van der Waals surface area contributed by atoms with E-state index in [1.54, 1.807) is 36.0 Å². The summed E-state index contributed by atoms with van der Waals surface area (Å²) in [6.07, 6.45) is 3.93. The molecule has 2 fully saturated rings. The third-order valence-corrected chi connectivity index (χ3v) is 8.01. The number of nitrogens with one attached hydrogen (secondary N) is 2. The molecule has 1 aromatic carbocycles. The van der Waals surface area contributed by atoms with Crippen molar-refractivity contribution in [3.05, 3.63) is 46.9 Å². The standard InChI is InChI=1S/C22H24N6O4S/c1-22(30)12-27(13-22)33(31,32)16-6-4-15(5-7-16)25-20-19-18(9-11-24-21(19)29)28(26-20)17(8-10-23)14-2-3-14/h4-7,9,11,14,17,30H,2-3,8,12-13H2,1H3,(H,24,29)(H,25,26). The van der Waals surface area contributed by atoms with E-state index in [9.17, 15) is 23.6 Å². The van der Waals surface area contributed by atoms with Crippen molar-refractivity contribution in [1.29, 1.82) is 5.26 Å². The molecule has 3 N–H and O–H groups in total. The molecule has 5 rings (SSSR count). The maximum absolute atomic E-state index is 12.7. The number of nitrogens with zero attached hydrogens (tertiary/aromatic N) is 4. The van der Waals surface area contributed by atoms with Crippen LogP contribution in [0.3, 0.4) is 0 Å². The number of hydrogen-bond donors (Lipinski definition) is 3. The van der Waals surface area contributed by atoms with Crippen LogP contribution in [0.4, 0.5) is 11.5 Å². The van der Waals surface area contributed by atoms with Crippen LogP contribution in [0.15, 0.2) is 46.2 Å². The van der Waals surface area contributed by atoms with E-state index in [1.165, 1.54) is 16.4 Å². The number of aromatic nitrogens is 3. The predicted molar refractivity (Wildman–Crippen MR) is 121 cm³/mol. The van der Waals surface area contributed by atoms with Crippen molar-refractivity contribution >= 4 is 32.4 Å². The topological polar surface area (TPSA) is 144 Å². The Morgan fingerprint density at radius 1 is 1.30 bits per heavy atom. The van der Waals surface area contributed by atoms with E-state index in [1.807, 2.05) is 0 Å². The highest BCUT2D eigenvalue weighted by molar-refractivity contribution is 7.89. The maximum atomic E-state index is 12.7. The second-order valence-corrected chi connectivity index (χ2v) is 11.0. The van der Waals surface area contributed by atoms with E-state index in [0.717, 1.165) is 12.8 Å². The van der Waals surface area contributed by atoms with Gasteiger partial charge in [-0.1, -0.05) is 0 Å². The summed E-state index contributed by atoms with van der Waals surface area (Å²) in [7, 11) is -3.68. The lowest BCUT2D eigenvalue weighted by Crippen LogP contribution is -2.61. The van der Waals surface area contributed by atoms with Gasteiger partial charge in [-0.15, -0.1) is 0 Å². The lowest BCUT2D eigenvalue weighted by Gasteiger charge is -2.42. The first kappa shape index (κ1) is 21.6. The van der Waals surface area contributed by atoms with Crippen molar-refractivity contribution < 1.29 is 13.5 Å². The number of nitriles is 1. The number of pyridine rings is 1. The van der Waals surface area contributed by atoms with E-state index in [-0.39, 0.29) is 29.6 Å². The number of rotatable bonds is 7. The van der Waals surface area contributed by atoms with E-state index in [2.05, 4.69) is 21.5 Å². The van der Waals surface area contributed by atoms with Crippen molar-refractivity contribution in [1.82, 2.24) is 19.1 Å². The van der Waals surface area contributed by atoms with Gasteiger partial charge in [0, 0.05) is 25.0 Å². The largest absolute Gasteiger partial charge is 0.387 e. The highest BCUT2D eigenvalue weighted by Gasteiger charge is 2.43. The Morgan fingerprint density at radius 3 is 2.61 bits per heavy atom. The number of sulfonamides is 1. The summed E-state index contributed by atoms with van der Waals surface area (Å²) < 4.78 is 28.4. The van der Waals surface area contributed by atoms with Crippen LogP contribution in [0.25, 0.3) is 10.9 Å². The third kappa shape index (κ3) is 3.90. The molecule has 1 saturated carbocycles. The molecular formula is C22H24N6O4S. The Labute approximate surface area is 190 Å². The molecule has 0 spiro atoms. The van der Waals surface area contributed by atoms with Gasteiger partial charge in [0.25, 0.3) is 5.56 Å². The minimum absolute atomic E-state index is 0.0619. The summed E-state index contributed by atoms with van der Waals surface area (Å²) in [6.45, 7) is 1.72. The van der Waals surface area contributed by atoms with Crippen molar-refractivity contribution in [2.24, 2.45) is 5.92 Å². The zero-order valence-electron chi connectivity index (χ0n) is 18.0. The number of β-amino-alcohol motifs (C(OH)–C–C–N with tert-alkyl or cyclic N) is 1. The summed E-state index contributed by atoms with van der Waals surface area (Å²) in [5.74, 6) is 0.719. The van der Waals surface area contributed by atoms with Crippen molar-refractivity contribution in [3.63, 3.8) is 0 Å². The fourth-order valence-electron chi connectivity index (χ4n) is 4.35. The molecule has 3 heterocycles. The van der Waals surface area contributed by atoms with Crippen LogP contribution in [0, 0.1) is 17.2 Å². The fourth-order valence-corrected chi connectivity index (χ4v) is 6.02. The number of hydrogen-bond acceptors (Lipinski definition) is 7. The highest BCUT2D eigenvalue weighted by Crippen LogP contribution is 2.43. The lowest BCUT2D eigenvalue weighted by molar-refractivity contribution is -0.0426. The fraction of sp³-hybridized carbons (Fsp3) is 0.409. The molecule has 10 nitrogen and oxygen atoms in total. The van der Waals surface area contributed by atoms with Gasteiger partial charge in [-0.25, -0.2) is 8.42 Å². The molecule has 1 aliphatic heterocycles. The van der Waals surface area contributed by atoms with E-state index in [4.69, 9.17) is 0 Å². The minimum atomic E-state index is -3.68. The molecule has 1 aliphatic carbocycles. The average molecular weight is 469 g/mol. The van der Waals surface area contributed by atoms with Gasteiger partial charge >= 0.3 is 0 Å². The first-order chi connectivity index (χ1) is 15.7. The van der Waals surface area contributed by atoms with E-state index < -0.39 is 15.6 Å². The van der Waals surface area contributed by atoms with Crippen LogP contribution in [0.5, 0.6) is 0 Å². The molecular weight excluding hydrogens is 444 g/mol. The van der Waals surface area contributed by atoms with Gasteiger partial charge in [-0.3, -0.25) is 9.48 Å². The Balaban J connectivity index is 1.45. The van der Waals surface area contributed by atoms with Crippen LogP contribution in [0.1, 0.15) is 32.2 Å². The quantitative estimate of drug-likeness (QED) is 0.481. The van der Waals surface area contributed by atoms with Crippen LogP contribution in [-0.2, 0) is 10.0 Å². The van der Waals surface area contributed by atoms with Gasteiger partial charge < -0.3 is 15.4 Å². The van der Waals surface area contributed by atoms with Gasteiger partial charge in [0.15, 0.2) is 5.82 Å². The van der Waals surface area contributed by atoms with Crippen LogP contribution >= 0.6 is 0 Å². The third-order valence-electron chi connectivity index (χ3n) is 6.20. The zero-order valence-corrected chi connectivity index (χ0v) is 18.8. The first-order valence-electron chi connectivity index (χ1n) is 10.8. The molecule has 2 aromatic heterocycles. The Morgan fingerprint density at radius 2 is 2.00 bits per heavy atom. The van der Waals surface area contributed by atoms with Crippen LogP contribution in [0.2, 0.25) is 0 Å². The molecule has 1 atom stereocenters. The van der Waals surface area contributed by atoms with Crippen molar-refractivity contribution in [2.45, 2.75) is 42.7 Å². The summed E-state index contributed by atoms with van der Waals surface area (Å²) >= 11 is 0. The molecule has 11 heteroatoms.